The number of ether oxygens (including phenoxy) is 1. The van der Waals surface area contributed by atoms with Crippen molar-refractivity contribution >= 4 is 35.8 Å². The van der Waals surface area contributed by atoms with E-state index in [1.54, 1.807) is 7.11 Å². The lowest BCUT2D eigenvalue weighted by molar-refractivity contribution is 0.0732. The molecule has 164 valence electrons. The van der Waals surface area contributed by atoms with Crippen LogP contribution in [0.3, 0.4) is 0 Å². The van der Waals surface area contributed by atoms with Gasteiger partial charge in [0.15, 0.2) is 5.96 Å². The van der Waals surface area contributed by atoms with Crippen LogP contribution in [0.4, 0.5) is 5.82 Å². The highest BCUT2D eigenvalue weighted by atomic mass is 127. The Bertz CT molecular complexity index is 644. The largest absolute Gasteiger partial charge is 0.385 e. The Kier molecular flexibility index (Phi) is 9.91. The van der Waals surface area contributed by atoms with E-state index in [2.05, 4.69) is 49.6 Å². The fourth-order valence-corrected chi connectivity index (χ4v) is 3.97. The number of aliphatic imine (C=N–C) groups is 1. The van der Waals surface area contributed by atoms with E-state index in [9.17, 15) is 0 Å². The Morgan fingerprint density at radius 1 is 1.24 bits per heavy atom. The lowest BCUT2D eigenvalue weighted by Gasteiger charge is -2.42. The summed E-state index contributed by atoms with van der Waals surface area (Å²) in [7, 11) is 5.79. The van der Waals surface area contributed by atoms with E-state index >= 15 is 0 Å². The van der Waals surface area contributed by atoms with Crippen LogP contribution in [0.25, 0.3) is 0 Å². The standard InChI is InChI=1S/C21H36N6O.HI/c1-22-20(25-17-21(6-4-7-21)8-14-28-3)24-16-18-5-9-23-19(15-18)27-12-10-26(2)11-13-27;/h5,9,15H,4,6-8,10-14,16-17H2,1-3H3,(H2,22,24,25);1H. The maximum Gasteiger partial charge on any atom is 0.191 e. The van der Waals surface area contributed by atoms with Crippen molar-refractivity contribution in [2.45, 2.75) is 32.2 Å². The zero-order valence-electron chi connectivity index (χ0n) is 18.1. The minimum Gasteiger partial charge on any atom is -0.385 e. The number of methoxy groups -OCH3 is 1. The summed E-state index contributed by atoms with van der Waals surface area (Å²) in [5.74, 6) is 1.94. The molecule has 8 heteroatoms. The summed E-state index contributed by atoms with van der Waals surface area (Å²) in [6.45, 7) is 6.78. The summed E-state index contributed by atoms with van der Waals surface area (Å²) in [4.78, 5) is 13.7. The third kappa shape index (κ3) is 6.96. The molecule has 0 bridgehead atoms. The van der Waals surface area contributed by atoms with Gasteiger partial charge < -0.3 is 25.2 Å². The number of nitrogens with zero attached hydrogens (tertiary/aromatic N) is 4. The number of guanidine groups is 1. The van der Waals surface area contributed by atoms with Crippen molar-refractivity contribution in [3.05, 3.63) is 23.9 Å². The first-order valence-electron chi connectivity index (χ1n) is 10.5. The highest BCUT2D eigenvalue weighted by Crippen LogP contribution is 2.43. The molecule has 2 fully saturated rings. The van der Waals surface area contributed by atoms with Crippen LogP contribution in [-0.2, 0) is 11.3 Å². The molecular formula is C21H37IN6O. The van der Waals surface area contributed by atoms with E-state index in [1.807, 2.05) is 13.2 Å². The SMILES string of the molecule is CN=C(NCc1ccnc(N2CCN(C)CC2)c1)NCC1(CCOC)CCC1.I. The molecular weight excluding hydrogens is 479 g/mol. The van der Waals surface area contributed by atoms with E-state index in [-0.39, 0.29) is 24.0 Å². The molecule has 1 aliphatic carbocycles. The summed E-state index contributed by atoms with van der Waals surface area (Å²) in [5.41, 5.74) is 1.60. The molecule has 0 unspecified atom stereocenters. The maximum absolute atomic E-state index is 5.29. The van der Waals surface area contributed by atoms with E-state index in [0.29, 0.717) is 5.41 Å². The Balaban J connectivity index is 0.00000300. The molecule has 0 amide bonds. The van der Waals surface area contributed by atoms with Gasteiger partial charge in [-0.3, -0.25) is 4.99 Å². The average Bonchev–Trinajstić information content (AvgIpc) is 2.70. The van der Waals surface area contributed by atoms with Gasteiger partial charge in [-0.15, -0.1) is 24.0 Å². The number of hydrogen-bond acceptors (Lipinski definition) is 5. The van der Waals surface area contributed by atoms with E-state index in [1.165, 1.54) is 24.8 Å². The Morgan fingerprint density at radius 3 is 2.62 bits per heavy atom. The lowest BCUT2D eigenvalue weighted by Crippen LogP contribution is -2.46. The molecule has 0 aromatic carbocycles. The summed E-state index contributed by atoms with van der Waals surface area (Å²) in [6, 6.07) is 4.27. The molecule has 1 saturated heterocycles. The number of piperazine rings is 1. The quantitative estimate of drug-likeness (QED) is 0.314. The highest BCUT2D eigenvalue weighted by Gasteiger charge is 2.36. The first kappa shape index (κ1) is 24.1. The Morgan fingerprint density at radius 2 is 2.00 bits per heavy atom. The molecule has 2 aliphatic rings. The van der Waals surface area contributed by atoms with Crippen molar-refractivity contribution in [2.24, 2.45) is 10.4 Å². The van der Waals surface area contributed by atoms with Crippen molar-refractivity contribution in [2.75, 3.05) is 65.4 Å². The number of hydrogen-bond donors (Lipinski definition) is 2. The van der Waals surface area contributed by atoms with Crippen molar-refractivity contribution in [3.63, 3.8) is 0 Å². The average molecular weight is 516 g/mol. The molecule has 1 aliphatic heterocycles. The molecule has 2 N–H and O–H groups in total. The van der Waals surface area contributed by atoms with Crippen LogP contribution in [0.2, 0.25) is 0 Å². The van der Waals surface area contributed by atoms with Gasteiger partial charge in [-0.2, -0.15) is 0 Å². The molecule has 1 aromatic rings. The fourth-order valence-electron chi connectivity index (χ4n) is 3.97. The van der Waals surface area contributed by atoms with E-state index < -0.39 is 0 Å². The molecule has 3 rings (SSSR count). The minimum atomic E-state index is 0. The molecule has 0 spiro atoms. The smallest absolute Gasteiger partial charge is 0.191 e. The number of likely N-dealkylation sites (N-methyl/N-ethyl adjacent to an activating group) is 1. The number of rotatable bonds is 8. The van der Waals surface area contributed by atoms with Crippen LogP contribution in [0.5, 0.6) is 0 Å². The minimum absolute atomic E-state index is 0. The molecule has 0 atom stereocenters. The number of nitrogens with one attached hydrogen (secondary N) is 2. The van der Waals surface area contributed by atoms with Crippen LogP contribution in [0.15, 0.2) is 23.3 Å². The maximum atomic E-state index is 5.29. The predicted molar refractivity (Wildman–Crippen MR) is 130 cm³/mol. The predicted octanol–water partition coefficient (Wildman–Crippen LogP) is 2.32. The molecule has 1 saturated carbocycles. The second-order valence-electron chi connectivity index (χ2n) is 8.19. The van der Waals surface area contributed by atoms with Gasteiger partial charge in [0.1, 0.15) is 5.82 Å². The van der Waals surface area contributed by atoms with Crippen LogP contribution < -0.4 is 15.5 Å². The van der Waals surface area contributed by atoms with Gasteiger partial charge in [-0.1, -0.05) is 6.42 Å². The summed E-state index contributed by atoms with van der Waals surface area (Å²) >= 11 is 0. The van der Waals surface area contributed by atoms with Gasteiger partial charge in [-0.05, 0) is 49.4 Å². The van der Waals surface area contributed by atoms with Gasteiger partial charge >= 0.3 is 0 Å². The number of halogens is 1. The highest BCUT2D eigenvalue weighted by molar-refractivity contribution is 14.0. The summed E-state index contributed by atoms with van der Waals surface area (Å²) in [5, 5.41) is 6.98. The molecule has 2 heterocycles. The number of anilines is 1. The van der Waals surface area contributed by atoms with E-state index in [0.717, 1.165) is 64.1 Å². The van der Waals surface area contributed by atoms with E-state index in [4.69, 9.17) is 4.74 Å². The van der Waals surface area contributed by atoms with Gasteiger partial charge in [0.2, 0.25) is 0 Å². The van der Waals surface area contributed by atoms with Crippen molar-refractivity contribution < 1.29 is 4.74 Å². The molecule has 7 nitrogen and oxygen atoms in total. The Labute approximate surface area is 192 Å². The summed E-state index contributed by atoms with van der Waals surface area (Å²) in [6.07, 6.45) is 6.91. The number of pyridine rings is 1. The molecule has 29 heavy (non-hydrogen) atoms. The zero-order valence-corrected chi connectivity index (χ0v) is 20.4. The topological polar surface area (TPSA) is 65.0 Å². The van der Waals surface area contributed by atoms with Crippen molar-refractivity contribution in [3.8, 4) is 0 Å². The van der Waals surface area contributed by atoms with Crippen LogP contribution in [-0.4, -0.2) is 76.4 Å². The molecule has 0 radical (unpaired) electrons. The first-order chi connectivity index (χ1) is 13.6. The fraction of sp³-hybridized carbons (Fsp3) is 0.714. The van der Waals surface area contributed by atoms with Gasteiger partial charge in [-0.25, -0.2) is 4.98 Å². The Hall–Kier alpha value is -1.13. The normalized spacial score (nSPS) is 19.3. The second-order valence-corrected chi connectivity index (χ2v) is 8.19. The molecule has 1 aromatic heterocycles. The monoisotopic (exact) mass is 516 g/mol. The van der Waals surface area contributed by atoms with Crippen LogP contribution in [0, 0.1) is 5.41 Å². The third-order valence-electron chi connectivity index (χ3n) is 6.20. The number of aromatic nitrogens is 1. The first-order valence-corrected chi connectivity index (χ1v) is 10.5. The zero-order chi connectivity index (χ0) is 19.8. The van der Waals surface area contributed by atoms with Crippen molar-refractivity contribution in [1.82, 2.24) is 20.5 Å². The third-order valence-corrected chi connectivity index (χ3v) is 6.20. The van der Waals surface area contributed by atoms with Gasteiger partial charge in [0, 0.05) is 66.2 Å². The van der Waals surface area contributed by atoms with Gasteiger partial charge in [0.05, 0.1) is 0 Å². The summed E-state index contributed by atoms with van der Waals surface area (Å²) < 4.78 is 5.29. The van der Waals surface area contributed by atoms with Gasteiger partial charge in [0.25, 0.3) is 0 Å². The second kappa shape index (κ2) is 11.9. The van der Waals surface area contributed by atoms with Crippen molar-refractivity contribution in [1.29, 1.82) is 0 Å². The van der Waals surface area contributed by atoms with Crippen LogP contribution in [0.1, 0.15) is 31.2 Å². The lowest BCUT2D eigenvalue weighted by atomic mass is 9.67. The van der Waals surface area contributed by atoms with Crippen LogP contribution >= 0.6 is 24.0 Å².